The zero-order valence-electron chi connectivity index (χ0n) is 16.0. The van der Waals surface area contributed by atoms with Gasteiger partial charge in [-0.1, -0.05) is 19.4 Å². The van der Waals surface area contributed by atoms with Gasteiger partial charge >= 0.3 is 6.18 Å². The molecule has 0 saturated carbocycles. The van der Waals surface area contributed by atoms with Gasteiger partial charge in [-0.15, -0.1) is 0 Å². The second kappa shape index (κ2) is 9.23. The Balaban J connectivity index is 1.96. The van der Waals surface area contributed by atoms with Crippen LogP contribution >= 0.6 is 0 Å². The lowest BCUT2D eigenvalue weighted by Crippen LogP contribution is -2.51. The molecule has 6 nitrogen and oxygen atoms in total. The third-order valence-corrected chi connectivity index (χ3v) is 6.52. The van der Waals surface area contributed by atoms with Gasteiger partial charge in [0, 0.05) is 32.2 Å². The Morgan fingerprint density at radius 1 is 1.21 bits per heavy atom. The van der Waals surface area contributed by atoms with Gasteiger partial charge < -0.3 is 5.32 Å². The summed E-state index contributed by atoms with van der Waals surface area (Å²) >= 11 is 0. The van der Waals surface area contributed by atoms with Gasteiger partial charge in [-0.2, -0.15) is 17.5 Å². The van der Waals surface area contributed by atoms with E-state index in [0.29, 0.717) is 19.2 Å². The number of hydrogen-bond donors (Lipinski definition) is 1. The molecule has 0 aromatic heterocycles. The van der Waals surface area contributed by atoms with Gasteiger partial charge in [-0.3, -0.25) is 9.69 Å². The van der Waals surface area contributed by atoms with Gasteiger partial charge in [0.1, 0.15) is 0 Å². The Labute approximate surface area is 163 Å². The highest BCUT2D eigenvalue weighted by atomic mass is 32.2. The van der Waals surface area contributed by atoms with E-state index in [0.717, 1.165) is 29.3 Å². The number of benzene rings is 1. The largest absolute Gasteiger partial charge is 0.416 e. The summed E-state index contributed by atoms with van der Waals surface area (Å²) in [6, 6.07) is 3.84. The summed E-state index contributed by atoms with van der Waals surface area (Å²) in [6.07, 6.45) is -2.76. The molecule has 1 heterocycles. The maximum atomic E-state index is 12.9. The summed E-state index contributed by atoms with van der Waals surface area (Å²) in [5, 5.41) is 2.90. The lowest BCUT2D eigenvalue weighted by Gasteiger charge is -2.33. The number of carbonyl (C=O) groups excluding carboxylic acids is 1. The number of hydrogen-bond acceptors (Lipinski definition) is 4. The van der Waals surface area contributed by atoms with Crippen LogP contribution < -0.4 is 5.32 Å². The number of nitrogens with one attached hydrogen (secondary N) is 1. The summed E-state index contributed by atoms with van der Waals surface area (Å²) in [5.74, 6) is -0.116. The van der Waals surface area contributed by atoms with Gasteiger partial charge in [0.2, 0.25) is 15.9 Å². The Bertz CT molecular complexity index is 776. The molecule has 158 valence electrons. The Morgan fingerprint density at radius 3 is 2.43 bits per heavy atom. The van der Waals surface area contributed by atoms with Gasteiger partial charge in [0.25, 0.3) is 0 Å². The number of amides is 1. The molecule has 0 spiro atoms. The van der Waals surface area contributed by atoms with Gasteiger partial charge in [0.05, 0.1) is 17.0 Å². The van der Waals surface area contributed by atoms with Crippen molar-refractivity contribution in [2.24, 2.45) is 0 Å². The fourth-order valence-electron chi connectivity index (χ4n) is 3.14. The lowest BCUT2D eigenvalue weighted by molar-refractivity contribution is -0.137. The van der Waals surface area contributed by atoms with Crippen molar-refractivity contribution >= 4 is 15.9 Å². The molecule has 1 fully saturated rings. The van der Waals surface area contributed by atoms with E-state index in [1.807, 2.05) is 18.7 Å². The first kappa shape index (κ1) is 22.6. The molecule has 1 aromatic carbocycles. The first-order valence-electron chi connectivity index (χ1n) is 9.23. The minimum Gasteiger partial charge on any atom is -0.353 e. The van der Waals surface area contributed by atoms with Crippen molar-refractivity contribution < 1.29 is 26.4 Å². The normalized spacial score (nSPS) is 18.0. The highest BCUT2D eigenvalue weighted by molar-refractivity contribution is 7.89. The predicted molar refractivity (Wildman–Crippen MR) is 99.2 cm³/mol. The molecule has 1 amide bonds. The zero-order valence-corrected chi connectivity index (χ0v) is 16.8. The summed E-state index contributed by atoms with van der Waals surface area (Å²) in [5.41, 5.74) is -0.995. The molecule has 10 heteroatoms. The Hall–Kier alpha value is -1.65. The van der Waals surface area contributed by atoms with Crippen LogP contribution in [0.3, 0.4) is 0 Å². The zero-order chi connectivity index (χ0) is 20.9. The van der Waals surface area contributed by atoms with E-state index < -0.39 is 21.8 Å². The van der Waals surface area contributed by atoms with Crippen molar-refractivity contribution in [2.45, 2.75) is 43.8 Å². The van der Waals surface area contributed by atoms with Crippen molar-refractivity contribution in [3.05, 3.63) is 29.8 Å². The van der Waals surface area contributed by atoms with E-state index in [1.165, 1.54) is 6.07 Å². The van der Waals surface area contributed by atoms with Gasteiger partial charge in [-0.25, -0.2) is 8.42 Å². The number of carbonyl (C=O) groups is 1. The molecule has 0 aliphatic carbocycles. The Morgan fingerprint density at radius 2 is 1.86 bits per heavy atom. The monoisotopic (exact) mass is 421 g/mol. The van der Waals surface area contributed by atoms with Crippen LogP contribution in [0.1, 0.15) is 32.3 Å². The molecular formula is C18H26F3N3O3S. The number of halogens is 3. The smallest absolute Gasteiger partial charge is 0.353 e. The first-order chi connectivity index (χ1) is 13.0. The summed E-state index contributed by atoms with van der Waals surface area (Å²) < 4.78 is 65.1. The fraction of sp³-hybridized carbons (Fsp3) is 0.611. The van der Waals surface area contributed by atoms with Crippen LogP contribution in [-0.2, 0) is 21.0 Å². The van der Waals surface area contributed by atoms with E-state index in [2.05, 4.69) is 5.32 Å². The van der Waals surface area contributed by atoms with E-state index in [4.69, 9.17) is 0 Å². The minimum absolute atomic E-state index is 0.0834. The second-order valence-electron chi connectivity index (χ2n) is 6.96. The Kier molecular flexibility index (Phi) is 7.46. The summed E-state index contributed by atoms with van der Waals surface area (Å²) in [4.78, 5) is 13.5. The summed E-state index contributed by atoms with van der Waals surface area (Å²) in [6.45, 7) is 5.06. The number of alkyl halides is 3. The third kappa shape index (κ3) is 5.92. The van der Waals surface area contributed by atoms with Crippen LogP contribution in [0.5, 0.6) is 0 Å². The minimum atomic E-state index is -4.60. The standard InChI is InChI=1S/C18H26F3N3O3S/c1-3-5-14(2)22-17(25)13-23-8-10-24(11-9-23)28(26,27)16-7-4-6-15(12-16)18(19,20)21/h4,6-7,12,14H,3,5,8-11,13H2,1-2H3,(H,22,25)/t14-/m1/s1. The van der Waals surface area contributed by atoms with Crippen LogP contribution in [0.15, 0.2) is 29.2 Å². The lowest BCUT2D eigenvalue weighted by atomic mass is 10.2. The van der Waals surface area contributed by atoms with Gasteiger partial charge in [0.15, 0.2) is 0 Å². The molecule has 1 aliphatic rings. The average molecular weight is 421 g/mol. The number of nitrogens with zero attached hydrogens (tertiary/aromatic N) is 2. The quantitative estimate of drug-likeness (QED) is 0.734. The van der Waals surface area contributed by atoms with Crippen molar-refractivity contribution in [1.82, 2.24) is 14.5 Å². The molecule has 0 unspecified atom stereocenters. The van der Waals surface area contributed by atoms with Crippen molar-refractivity contribution in [2.75, 3.05) is 32.7 Å². The molecule has 2 rings (SSSR count). The maximum absolute atomic E-state index is 12.9. The molecule has 0 bridgehead atoms. The molecule has 1 N–H and O–H groups in total. The molecule has 28 heavy (non-hydrogen) atoms. The van der Waals surface area contributed by atoms with Crippen molar-refractivity contribution in [3.63, 3.8) is 0 Å². The van der Waals surface area contributed by atoms with E-state index in [1.54, 1.807) is 0 Å². The van der Waals surface area contributed by atoms with Crippen LogP contribution in [0, 0.1) is 0 Å². The average Bonchev–Trinajstić information content (AvgIpc) is 2.61. The molecule has 1 aromatic rings. The predicted octanol–water partition coefficient (Wildman–Crippen LogP) is 2.32. The third-order valence-electron chi connectivity index (χ3n) is 4.63. The SMILES string of the molecule is CCC[C@@H](C)NC(=O)CN1CCN(S(=O)(=O)c2cccc(C(F)(F)F)c2)CC1. The molecule has 1 saturated heterocycles. The van der Waals surface area contributed by atoms with Crippen LogP contribution in [0.2, 0.25) is 0 Å². The number of piperazine rings is 1. The molecule has 0 radical (unpaired) electrons. The molecular weight excluding hydrogens is 395 g/mol. The summed E-state index contributed by atoms with van der Waals surface area (Å²) in [7, 11) is -4.02. The van der Waals surface area contributed by atoms with Crippen LogP contribution in [-0.4, -0.2) is 62.3 Å². The van der Waals surface area contributed by atoms with E-state index in [-0.39, 0.29) is 36.5 Å². The number of rotatable bonds is 7. The number of sulfonamides is 1. The maximum Gasteiger partial charge on any atom is 0.416 e. The molecule has 1 aliphatic heterocycles. The van der Waals surface area contributed by atoms with Crippen LogP contribution in [0.25, 0.3) is 0 Å². The van der Waals surface area contributed by atoms with Crippen molar-refractivity contribution in [1.29, 1.82) is 0 Å². The topological polar surface area (TPSA) is 69.7 Å². The van der Waals surface area contributed by atoms with E-state index >= 15 is 0 Å². The highest BCUT2D eigenvalue weighted by Gasteiger charge is 2.34. The van der Waals surface area contributed by atoms with E-state index in [9.17, 15) is 26.4 Å². The van der Waals surface area contributed by atoms with Crippen molar-refractivity contribution in [3.8, 4) is 0 Å². The second-order valence-corrected chi connectivity index (χ2v) is 8.90. The first-order valence-corrected chi connectivity index (χ1v) is 10.7. The van der Waals surface area contributed by atoms with Crippen LogP contribution in [0.4, 0.5) is 13.2 Å². The highest BCUT2D eigenvalue weighted by Crippen LogP contribution is 2.31. The fourth-order valence-corrected chi connectivity index (χ4v) is 4.61. The molecule has 1 atom stereocenters. The van der Waals surface area contributed by atoms with Gasteiger partial charge in [-0.05, 0) is 31.5 Å².